The van der Waals surface area contributed by atoms with Gasteiger partial charge in [0, 0.05) is 17.7 Å². The molecule has 3 aromatic carbocycles. The van der Waals surface area contributed by atoms with Crippen LogP contribution in [-0.2, 0) is 22.5 Å². The van der Waals surface area contributed by atoms with Crippen molar-refractivity contribution < 1.29 is 9.53 Å². The zero-order chi connectivity index (χ0) is 27.1. The first kappa shape index (κ1) is 25.6. The van der Waals surface area contributed by atoms with Gasteiger partial charge in [-0.2, -0.15) is 0 Å². The molecule has 6 rings (SSSR count). The number of hydrogen-bond acceptors (Lipinski definition) is 6. The van der Waals surface area contributed by atoms with Crippen LogP contribution in [0.5, 0.6) is 0 Å². The van der Waals surface area contributed by atoms with Gasteiger partial charge >= 0.3 is 5.97 Å². The minimum absolute atomic E-state index is 0.253. The van der Waals surface area contributed by atoms with E-state index in [1.165, 1.54) is 24.4 Å². The third-order valence-electron chi connectivity index (χ3n) is 7.08. The minimum Gasteiger partial charge on any atom is -0.467 e. The lowest BCUT2D eigenvalue weighted by Gasteiger charge is -2.18. The van der Waals surface area contributed by atoms with E-state index in [0.29, 0.717) is 33.9 Å². The largest absolute Gasteiger partial charge is 0.467 e. The van der Waals surface area contributed by atoms with Gasteiger partial charge in [0.05, 0.1) is 29.4 Å². The van der Waals surface area contributed by atoms with Crippen LogP contribution in [0.15, 0.2) is 87.2 Å². The molecule has 1 aliphatic heterocycles. The lowest BCUT2D eigenvalue weighted by atomic mass is 9.95. The Bertz CT molecular complexity index is 1770. The fraction of sp³-hybridized carbons (Fsp3) is 0.200. The molecule has 0 radical (unpaired) electrons. The molecule has 5 aromatic rings. The van der Waals surface area contributed by atoms with Crippen LogP contribution < -0.4 is 5.56 Å². The summed E-state index contributed by atoms with van der Waals surface area (Å²) in [6.45, 7) is 2.63. The second-order valence-electron chi connectivity index (χ2n) is 9.60. The molecular formula is C30H25BrN4O3S. The summed E-state index contributed by atoms with van der Waals surface area (Å²) in [6.07, 6.45) is 2.42. The van der Waals surface area contributed by atoms with Crippen molar-refractivity contribution in [3.05, 3.63) is 110 Å². The number of esters is 1. The number of rotatable bonds is 6. The molecular weight excluding hydrogens is 576 g/mol. The number of halogens is 1. The number of benzene rings is 3. The summed E-state index contributed by atoms with van der Waals surface area (Å²) >= 11 is 5.09. The highest BCUT2D eigenvalue weighted by Gasteiger charge is 2.36. The van der Waals surface area contributed by atoms with Crippen molar-refractivity contribution in [2.75, 3.05) is 12.9 Å². The first-order valence-corrected chi connectivity index (χ1v) is 14.3. The van der Waals surface area contributed by atoms with Crippen LogP contribution in [0.4, 0.5) is 0 Å². The van der Waals surface area contributed by atoms with E-state index in [-0.39, 0.29) is 5.56 Å². The number of fused-ring (bicyclic) bond motifs is 2. The van der Waals surface area contributed by atoms with E-state index in [1.807, 2.05) is 24.4 Å². The molecule has 9 heteroatoms. The molecule has 0 bridgehead atoms. The number of thioether (sulfide) groups is 1. The molecule has 1 atom stereocenters. The summed E-state index contributed by atoms with van der Waals surface area (Å²) in [5.41, 5.74) is 5.44. The van der Waals surface area contributed by atoms with E-state index < -0.39 is 12.0 Å². The Hall–Kier alpha value is -3.69. The molecule has 0 aliphatic carbocycles. The van der Waals surface area contributed by atoms with Crippen LogP contribution in [0.2, 0.25) is 0 Å². The van der Waals surface area contributed by atoms with Crippen molar-refractivity contribution in [1.29, 1.82) is 0 Å². The second-order valence-corrected chi connectivity index (χ2v) is 11.4. The van der Waals surface area contributed by atoms with E-state index in [4.69, 9.17) is 4.74 Å². The van der Waals surface area contributed by atoms with Gasteiger partial charge in [-0.15, -0.1) is 16.9 Å². The number of methoxy groups -OCH3 is 1. The summed E-state index contributed by atoms with van der Waals surface area (Å²) in [5.74, 6) is -0.0256. The van der Waals surface area contributed by atoms with Gasteiger partial charge < -0.3 is 4.74 Å². The predicted molar refractivity (Wildman–Crippen MR) is 156 cm³/mol. The maximum Gasteiger partial charge on any atom is 0.329 e. The number of aryl methyl sites for hydroxylation is 1. The third kappa shape index (κ3) is 4.70. The topological polar surface area (TPSA) is 79.0 Å². The molecule has 0 fully saturated rings. The summed E-state index contributed by atoms with van der Waals surface area (Å²) < 4.78 is 8.78. The van der Waals surface area contributed by atoms with Gasteiger partial charge in [-0.1, -0.05) is 77.5 Å². The average Bonchev–Trinajstić information content (AvgIpc) is 3.60. The van der Waals surface area contributed by atoms with Crippen molar-refractivity contribution in [2.45, 2.75) is 31.0 Å². The van der Waals surface area contributed by atoms with Crippen LogP contribution in [0.3, 0.4) is 0 Å². The van der Waals surface area contributed by atoms with E-state index in [1.54, 1.807) is 9.25 Å². The lowest BCUT2D eigenvalue weighted by Crippen LogP contribution is -2.31. The fourth-order valence-corrected chi connectivity index (χ4v) is 6.94. The zero-order valence-electron chi connectivity index (χ0n) is 21.4. The fourth-order valence-electron chi connectivity index (χ4n) is 5.09. The molecule has 0 spiro atoms. The number of hydrogen-bond donors (Lipinski definition) is 0. The first-order valence-electron chi connectivity index (χ1n) is 12.5. The van der Waals surface area contributed by atoms with Crippen molar-refractivity contribution in [3.63, 3.8) is 0 Å². The van der Waals surface area contributed by atoms with Crippen LogP contribution in [0, 0.1) is 6.92 Å². The molecule has 39 heavy (non-hydrogen) atoms. The maximum atomic E-state index is 13.7. The van der Waals surface area contributed by atoms with Crippen LogP contribution in [0.25, 0.3) is 22.0 Å². The standard InChI is InChI=1S/C30H25BrN4O3S/c1-18-10-12-19(13-11-18)15-34-16-24(32-33-34)26-23(14-21-8-5-7-20-6-3-4-9-22(20)21)27(31)28(36)35-25(30(37)38-2)17-39-29(26)35/h3-13,16,25H,14-15,17H2,1-2H3/t25-/m0/s1. The van der Waals surface area contributed by atoms with Gasteiger partial charge in [0.15, 0.2) is 0 Å². The monoisotopic (exact) mass is 600 g/mol. The highest BCUT2D eigenvalue weighted by molar-refractivity contribution is 9.10. The summed E-state index contributed by atoms with van der Waals surface area (Å²) in [5, 5.41) is 11.9. The zero-order valence-corrected chi connectivity index (χ0v) is 23.8. The van der Waals surface area contributed by atoms with Crippen LogP contribution >= 0.6 is 27.7 Å². The number of nitrogens with zero attached hydrogens (tertiary/aromatic N) is 4. The quantitative estimate of drug-likeness (QED) is 0.230. The maximum absolute atomic E-state index is 13.7. The first-order chi connectivity index (χ1) is 18.9. The number of carbonyl (C=O) groups is 1. The molecule has 0 unspecified atom stereocenters. The predicted octanol–water partition coefficient (Wildman–Crippen LogP) is 5.79. The minimum atomic E-state index is -0.702. The van der Waals surface area contributed by atoms with E-state index in [9.17, 15) is 9.59 Å². The van der Waals surface area contributed by atoms with Gasteiger partial charge in [-0.3, -0.25) is 9.36 Å². The highest BCUT2D eigenvalue weighted by atomic mass is 79.9. The van der Waals surface area contributed by atoms with Crippen molar-refractivity contribution >= 4 is 44.4 Å². The van der Waals surface area contributed by atoms with Crippen molar-refractivity contribution in [2.24, 2.45) is 0 Å². The SMILES string of the molecule is COC(=O)[C@@H]1CSc2c(-c3cn(Cc4ccc(C)cc4)nn3)c(Cc3cccc4ccccc34)c(Br)c(=O)n21. The molecule has 3 heterocycles. The molecule has 196 valence electrons. The van der Waals surface area contributed by atoms with E-state index in [2.05, 4.69) is 81.7 Å². The normalized spacial score (nSPS) is 14.5. The number of ether oxygens (including phenoxy) is 1. The Kier molecular flexibility index (Phi) is 6.86. The molecule has 0 N–H and O–H groups in total. The third-order valence-corrected chi connectivity index (χ3v) is 9.05. The van der Waals surface area contributed by atoms with Gasteiger partial charge in [0.1, 0.15) is 11.7 Å². The van der Waals surface area contributed by atoms with Gasteiger partial charge in [0.2, 0.25) is 0 Å². The lowest BCUT2D eigenvalue weighted by molar-refractivity contribution is -0.143. The molecule has 0 saturated carbocycles. The van der Waals surface area contributed by atoms with E-state index >= 15 is 0 Å². The number of carbonyl (C=O) groups excluding carboxylic acids is 1. The Morgan fingerprint density at radius 2 is 1.87 bits per heavy atom. The smallest absolute Gasteiger partial charge is 0.329 e. The van der Waals surface area contributed by atoms with E-state index in [0.717, 1.165) is 33.0 Å². The van der Waals surface area contributed by atoms with Crippen LogP contribution in [-0.4, -0.2) is 38.4 Å². The van der Waals surface area contributed by atoms with Crippen molar-refractivity contribution in [3.8, 4) is 11.3 Å². The molecule has 1 aliphatic rings. The van der Waals surface area contributed by atoms with Gasteiger partial charge in [-0.05, 0) is 50.3 Å². The summed E-state index contributed by atoms with van der Waals surface area (Å²) in [4.78, 5) is 26.3. The molecule has 7 nitrogen and oxygen atoms in total. The molecule has 2 aromatic heterocycles. The van der Waals surface area contributed by atoms with Crippen molar-refractivity contribution in [1.82, 2.24) is 19.6 Å². The number of pyridine rings is 1. The van der Waals surface area contributed by atoms with Crippen LogP contribution in [0.1, 0.15) is 28.3 Å². The summed E-state index contributed by atoms with van der Waals surface area (Å²) in [6, 6.07) is 22.0. The highest BCUT2D eigenvalue weighted by Crippen LogP contribution is 2.43. The Labute approximate surface area is 237 Å². The van der Waals surface area contributed by atoms with Gasteiger partial charge in [-0.25, -0.2) is 9.48 Å². The Morgan fingerprint density at radius 3 is 2.67 bits per heavy atom. The Balaban J connectivity index is 1.51. The Morgan fingerprint density at radius 1 is 1.10 bits per heavy atom. The average molecular weight is 602 g/mol. The number of aromatic nitrogens is 4. The molecule has 0 amide bonds. The second kappa shape index (κ2) is 10.5. The van der Waals surface area contributed by atoms with Gasteiger partial charge in [0.25, 0.3) is 5.56 Å². The molecule has 0 saturated heterocycles. The summed E-state index contributed by atoms with van der Waals surface area (Å²) in [7, 11) is 1.34.